The summed E-state index contributed by atoms with van der Waals surface area (Å²) in [4.78, 5) is 34.5. The molecule has 0 spiro atoms. The minimum Gasteiger partial charge on any atom is -0.454 e. The first-order valence-electron chi connectivity index (χ1n) is 7.57. The molecule has 0 aliphatic carbocycles. The number of esters is 1. The first-order chi connectivity index (χ1) is 11.8. The topological polar surface area (TPSA) is 91.4 Å². The van der Waals surface area contributed by atoms with Crippen LogP contribution in [0.5, 0.6) is 0 Å². The Morgan fingerprint density at radius 2 is 1.96 bits per heavy atom. The lowest BCUT2D eigenvalue weighted by Crippen LogP contribution is -2.15. The van der Waals surface area contributed by atoms with E-state index < -0.39 is 23.2 Å². The van der Waals surface area contributed by atoms with Crippen molar-refractivity contribution >= 4 is 29.0 Å². The van der Waals surface area contributed by atoms with Crippen molar-refractivity contribution in [2.24, 2.45) is 0 Å². The predicted octanol–water partition coefficient (Wildman–Crippen LogP) is 3.73. The summed E-state index contributed by atoms with van der Waals surface area (Å²) in [7, 11) is 0. The number of rotatable bonds is 6. The normalized spacial score (nSPS) is 10.6. The van der Waals surface area contributed by atoms with E-state index >= 15 is 0 Å². The number of carbonyl (C=O) groups excluding carboxylic acids is 2. The van der Waals surface area contributed by atoms with E-state index in [1.54, 1.807) is 6.07 Å². The molecule has 0 amide bonds. The number of nitro benzene ring substituents is 1. The fourth-order valence-electron chi connectivity index (χ4n) is 2.64. The lowest BCUT2D eigenvalue weighted by atomic mass is 10.1. The molecule has 2 rings (SSSR count). The van der Waals surface area contributed by atoms with E-state index in [2.05, 4.69) is 0 Å². The van der Waals surface area contributed by atoms with Crippen molar-refractivity contribution in [3.63, 3.8) is 0 Å². The molecule has 0 saturated carbocycles. The molecule has 8 heteroatoms. The molecule has 0 bridgehead atoms. The molecule has 0 N–H and O–H groups in total. The highest BCUT2D eigenvalue weighted by Crippen LogP contribution is 2.25. The van der Waals surface area contributed by atoms with Gasteiger partial charge in [-0.25, -0.2) is 4.79 Å². The number of ketones is 1. The Labute approximate surface area is 149 Å². The summed E-state index contributed by atoms with van der Waals surface area (Å²) in [6.07, 6.45) is 0. The quantitative estimate of drug-likeness (QED) is 0.337. The van der Waals surface area contributed by atoms with E-state index in [4.69, 9.17) is 16.3 Å². The summed E-state index contributed by atoms with van der Waals surface area (Å²) in [5.41, 5.74) is 1.82. The van der Waals surface area contributed by atoms with Crippen LogP contribution in [0.15, 0.2) is 24.3 Å². The maximum atomic E-state index is 12.3. The summed E-state index contributed by atoms with van der Waals surface area (Å²) >= 11 is 5.70. The summed E-state index contributed by atoms with van der Waals surface area (Å²) in [5, 5.41) is 10.8. The molecule has 7 nitrogen and oxygen atoms in total. The molecule has 0 aliphatic rings. The second kappa shape index (κ2) is 7.48. The maximum Gasteiger partial charge on any atom is 0.338 e. The molecular formula is C17H17ClN2O5. The number of benzene rings is 1. The summed E-state index contributed by atoms with van der Waals surface area (Å²) < 4.78 is 6.98. The minimum absolute atomic E-state index is 0.0390. The number of ether oxygens (including phenoxy) is 1. The van der Waals surface area contributed by atoms with Gasteiger partial charge in [-0.2, -0.15) is 0 Å². The molecule has 0 fully saturated rings. The Bertz CT molecular complexity index is 857. The molecule has 1 heterocycles. The lowest BCUT2D eigenvalue weighted by molar-refractivity contribution is -0.384. The predicted molar refractivity (Wildman–Crippen MR) is 92.3 cm³/mol. The summed E-state index contributed by atoms with van der Waals surface area (Å²) in [6, 6.07) is 5.33. The van der Waals surface area contributed by atoms with E-state index in [1.165, 1.54) is 12.1 Å². The van der Waals surface area contributed by atoms with Crippen molar-refractivity contribution in [2.75, 3.05) is 6.61 Å². The average molecular weight is 365 g/mol. The molecule has 0 saturated heterocycles. The van der Waals surface area contributed by atoms with Gasteiger partial charge >= 0.3 is 5.97 Å². The maximum absolute atomic E-state index is 12.3. The van der Waals surface area contributed by atoms with Gasteiger partial charge in [0.15, 0.2) is 6.61 Å². The molecule has 0 radical (unpaired) electrons. The van der Waals surface area contributed by atoms with E-state index in [1.807, 2.05) is 25.3 Å². The van der Waals surface area contributed by atoms with Crippen molar-refractivity contribution < 1.29 is 19.2 Å². The van der Waals surface area contributed by atoms with Gasteiger partial charge in [-0.3, -0.25) is 14.9 Å². The van der Waals surface area contributed by atoms with Gasteiger partial charge < -0.3 is 9.30 Å². The van der Waals surface area contributed by atoms with Crippen LogP contribution in [0.2, 0.25) is 5.02 Å². The molecule has 0 aliphatic heterocycles. The molecule has 25 heavy (non-hydrogen) atoms. The van der Waals surface area contributed by atoms with E-state index in [9.17, 15) is 19.7 Å². The largest absolute Gasteiger partial charge is 0.454 e. The van der Waals surface area contributed by atoms with Gasteiger partial charge in [0.05, 0.1) is 10.5 Å². The Hall–Kier alpha value is -2.67. The Balaban J connectivity index is 2.11. The minimum atomic E-state index is -0.822. The van der Waals surface area contributed by atoms with Crippen molar-refractivity contribution in [1.82, 2.24) is 4.57 Å². The first kappa shape index (κ1) is 18.7. The highest BCUT2D eigenvalue weighted by Gasteiger charge is 2.20. The Morgan fingerprint density at radius 3 is 2.52 bits per heavy atom. The number of halogens is 1. The van der Waals surface area contributed by atoms with Gasteiger partial charge in [-0.1, -0.05) is 11.6 Å². The van der Waals surface area contributed by atoms with Gasteiger partial charge in [0.2, 0.25) is 5.78 Å². The molecule has 1 aromatic heterocycles. The Morgan fingerprint density at radius 1 is 1.28 bits per heavy atom. The molecule has 1 aromatic carbocycles. The number of carbonyl (C=O) groups is 2. The van der Waals surface area contributed by atoms with Gasteiger partial charge in [-0.05, 0) is 39.0 Å². The van der Waals surface area contributed by atoms with E-state index in [0.29, 0.717) is 5.56 Å². The van der Waals surface area contributed by atoms with E-state index in [-0.39, 0.29) is 16.4 Å². The highest BCUT2D eigenvalue weighted by molar-refractivity contribution is 6.32. The van der Waals surface area contributed by atoms with Gasteiger partial charge in [0.25, 0.3) is 5.69 Å². The van der Waals surface area contributed by atoms with Crippen LogP contribution in [0.1, 0.15) is 39.0 Å². The second-order valence-corrected chi connectivity index (χ2v) is 5.86. The lowest BCUT2D eigenvalue weighted by Gasteiger charge is -2.07. The fraction of sp³-hybridized carbons (Fsp3) is 0.294. The van der Waals surface area contributed by atoms with Crippen LogP contribution in [0.3, 0.4) is 0 Å². The zero-order chi connectivity index (χ0) is 18.7. The number of aryl methyl sites for hydroxylation is 1. The number of nitro groups is 1. The van der Waals surface area contributed by atoms with Crippen LogP contribution in [0, 0.1) is 24.0 Å². The van der Waals surface area contributed by atoms with Crippen LogP contribution in [-0.4, -0.2) is 27.8 Å². The average Bonchev–Trinajstić information content (AvgIpc) is 2.86. The second-order valence-electron chi connectivity index (χ2n) is 5.45. The van der Waals surface area contributed by atoms with Crippen molar-refractivity contribution in [1.29, 1.82) is 0 Å². The van der Waals surface area contributed by atoms with Crippen molar-refractivity contribution in [2.45, 2.75) is 27.3 Å². The van der Waals surface area contributed by atoms with Crippen molar-refractivity contribution in [3.8, 4) is 0 Å². The fourth-order valence-corrected chi connectivity index (χ4v) is 2.83. The van der Waals surface area contributed by atoms with Crippen LogP contribution in [-0.2, 0) is 11.3 Å². The third-order valence-electron chi connectivity index (χ3n) is 3.90. The number of hydrogen-bond acceptors (Lipinski definition) is 5. The molecule has 132 valence electrons. The summed E-state index contributed by atoms with van der Waals surface area (Å²) in [6.45, 7) is 5.99. The smallest absolute Gasteiger partial charge is 0.338 e. The molecule has 0 atom stereocenters. The first-order valence-corrected chi connectivity index (χ1v) is 7.95. The zero-order valence-corrected chi connectivity index (χ0v) is 14.8. The van der Waals surface area contributed by atoms with Crippen LogP contribution in [0.4, 0.5) is 5.69 Å². The highest BCUT2D eigenvalue weighted by atomic mass is 35.5. The van der Waals surface area contributed by atoms with Crippen LogP contribution >= 0.6 is 11.6 Å². The van der Waals surface area contributed by atoms with Gasteiger partial charge in [0.1, 0.15) is 5.02 Å². The van der Waals surface area contributed by atoms with Gasteiger partial charge in [0, 0.05) is 29.6 Å². The number of hydrogen-bond donors (Lipinski definition) is 0. The standard InChI is InChI=1S/C17H17ClN2O5/c1-4-19-10(2)7-13(11(19)3)16(21)9-25-17(22)12-5-6-14(18)15(8-12)20(23)24/h5-8H,4,9H2,1-3H3. The van der Waals surface area contributed by atoms with Gasteiger partial charge in [-0.15, -0.1) is 0 Å². The monoisotopic (exact) mass is 364 g/mol. The summed E-state index contributed by atoms with van der Waals surface area (Å²) in [5.74, 6) is -1.15. The Kier molecular flexibility index (Phi) is 5.58. The van der Waals surface area contributed by atoms with E-state index in [0.717, 1.165) is 24.0 Å². The molecule has 0 unspecified atom stereocenters. The van der Waals surface area contributed by atoms with Crippen LogP contribution < -0.4 is 0 Å². The van der Waals surface area contributed by atoms with Crippen molar-refractivity contribution in [3.05, 3.63) is 61.9 Å². The molecule has 2 aromatic rings. The molecular weight excluding hydrogens is 348 g/mol. The number of aromatic nitrogens is 1. The third kappa shape index (κ3) is 3.88. The third-order valence-corrected chi connectivity index (χ3v) is 4.22. The number of Topliss-reactive ketones (excluding diaryl/α,β-unsaturated/α-hetero) is 1. The van der Waals surface area contributed by atoms with Crippen LogP contribution in [0.25, 0.3) is 0 Å². The SMILES string of the molecule is CCn1c(C)cc(C(=O)COC(=O)c2ccc(Cl)c([N+](=O)[O-])c2)c1C. The zero-order valence-electron chi connectivity index (χ0n) is 14.0. The number of nitrogens with zero attached hydrogens (tertiary/aromatic N) is 2.